The third kappa shape index (κ3) is 4.19. The summed E-state index contributed by atoms with van der Waals surface area (Å²) in [5.74, 6) is 0.634. The molecule has 0 radical (unpaired) electrons. The highest BCUT2D eigenvalue weighted by Crippen LogP contribution is 2.28. The Hall–Kier alpha value is -1.79. The number of carbonyl (C=O) groups is 1. The Morgan fingerprint density at radius 3 is 2.92 bits per heavy atom. The lowest BCUT2D eigenvalue weighted by atomic mass is 10.0. The lowest BCUT2D eigenvalue weighted by molar-refractivity contribution is 0.0449. The molecule has 0 atom stereocenters. The lowest BCUT2D eigenvalue weighted by Gasteiger charge is -2.22. The molecule has 2 N–H and O–H groups in total. The quantitative estimate of drug-likeness (QED) is 0.790. The zero-order valence-electron chi connectivity index (χ0n) is 13.9. The van der Waals surface area contributed by atoms with E-state index >= 15 is 0 Å². The van der Waals surface area contributed by atoms with Crippen LogP contribution >= 0.6 is 11.8 Å². The second kappa shape index (κ2) is 7.40. The van der Waals surface area contributed by atoms with E-state index in [9.17, 15) is 9.90 Å². The Bertz CT molecular complexity index is 708. The molecule has 0 saturated heterocycles. The SMILES string of the molecule is Cn1ccnc1SCc1cccc(C(=O)NCC2(O)CCCC2)c1. The van der Waals surface area contributed by atoms with E-state index in [1.807, 2.05) is 42.1 Å². The van der Waals surface area contributed by atoms with E-state index in [0.29, 0.717) is 12.1 Å². The molecule has 0 unspecified atom stereocenters. The summed E-state index contributed by atoms with van der Waals surface area (Å²) in [6.07, 6.45) is 7.31. The second-order valence-electron chi connectivity index (χ2n) is 6.42. The average Bonchev–Trinajstić information content (AvgIpc) is 3.20. The molecule has 1 aromatic carbocycles. The van der Waals surface area contributed by atoms with Gasteiger partial charge in [0.05, 0.1) is 5.60 Å². The van der Waals surface area contributed by atoms with Crippen molar-refractivity contribution >= 4 is 17.7 Å². The summed E-state index contributed by atoms with van der Waals surface area (Å²) >= 11 is 1.64. The van der Waals surface area contributed by atoms with Gasteiger partial charge in [0.15, 0.2) is 5.16 Å². The van der Waals surface area contributed by atoms with Crippen LogP contribution in [-0.4, -0.2) is 32.7 Å². The first-order valence-electron chi connectivity index (χ1n) is 8.25. The maximum atomic E-state index is 12.3. The van der Waals surface area contributed by atoms with Gasteiger partial charge in [-0.15, -0.1) is 0 Å². The predicted octanol–water partition coefficient (Wildman–Crippen LogP) is 2.75. The summed E-state index contributed by atoms with van der Waals surface area (Å²) in [5, 5.41) is 14.2. The Morgan fingerprint density at radius 1 is 1.42 bits per heavy atom. The van der Waals surface area contributed by atoms with Crippen molar-refractivity contribution in [3.8, 4) is 0 Å². The molecule has 5 nitrogen and oxygen atoms in total. The third-order valence-corrected chi connectivity index (χ3v) is 5.58. The summed E-state index contributed by atoms with van der Waals surface area (Å²) in [6.45, 7) is 0.331. The Kier molecular flexibility index (Phi) is 5.26. The maximum Gasteiger partial charge on any atom is 0.251 e. The van der Waals surface area contributed by atoms with Crippen LogP contribution in [0.25, 0.3) is 0 Å². The van der Waals surface area contributed by atoms with Crippen LogP contribution < -0.4 is 5.32 Å². The van der Waals surface area contributed by atoms with Gasteiger partial charge in [-0.3, -0.25) is 4.79 Å². The minimum atomic E-state index is -0.721. The topological polar surface area (TPSA) is 67.2 Å². The molecule has 0 spiro atoms. The molecule has 1 aliphatic rings. The number of nitrogens with zero attached hydrogens (tertiary/aromatic N) is 2. The van der Waals surface area contributed by atoms with Crippen LogP contribution in [0, 0.1) is 0 Å². The molecule has 0 aliphatic heterocycles. The van der Waals surface area contributed by atoms with Crippen LogP contribution in [-0.2, 0) is 12.8 Å². The molecule has 6 heteroatoms. The molecule has 1 aromatic heterocycles. The largest absolute Gasteiger partial charge is 0.388 e. The van der Waals surface area contributed by atoms with E-state index in [0.717, 1.165) is 42.2 Å². The molecule has 1 aliphatic carbocycles. The molecule has 0 bridgehead atoms. The number of thioether (sulfide) groups is 1. The van der Waals surface area contributed by atoms with Gasteiger partial charge in [-0.05, 0) is 30.5 Å². The number of benzene rings is 1. The van der Waals surface area contributed by atoms with Gasteiger partial charge < -0.3 is 15.0 Å². The van der Waals surface area contributed by atoms with Crippen LogP contribution in [0.5, 0.6) is 0 Å². The predicted molar refractivity (Wildman–Crippen MR) is 95.0 cm³/mol. The monoisotopic (exact) mass is 345 g/mol. The smallest absolute Gasteiger partial charge is 0.251 e. The number of carbonyl (C=O) groups excluding carboxylic acids is 1. The molecule has 1 heterocycles. The number of rotatable bonds is 6. The summed E-state index contributed by atoms with van der Waals surface area (Å²) in [7, 11) is 1.97. The van der Waals surface area contributed by atoms with Gasteiger partial charge in [-0.25, -0.2) is 4.98 Å². The van der Waals surface area contributed by atoms with E-state index in [1.54, 1.807) is 18.0 Å². The molecule has 1 saturated carbocycles. The summed E-state index contributed by atoms with van der Waals surface area (Å²) < 4.78 is 1.98. The first kappa shape index (κ1) is 17.0. The van der Waals surface area contributed by atoms with Crippen molar-refractivity contribution in [2.45, 2.75) is 42.2 Å². The lowest BCUT2D eigenvalue weighted by Crippen LogP contribution is -2.40. The Morgan fingerprint density at radius 2 is 2.21 bits per heavy atom. The third-order valence-electron chi connectivity index (χ3n) is 4.45. The van der Waals surface area contributed by atoms with Gasteiger partial charge in [0.2, 0.25) is 0 Å². The first-order chi connectivity index (χ1) is 11.6. The fourth-order valence-corrected chi connectivity index (χ4v) is 3.87. The van der Waals surface area contributed by atoms with Crippen LogP contribution in [0.2, 0.25) is 0 Å². The van der Waals surface area contributed by atoms with E-state index in [-0.39, 0.29) is 5.91 Å². The van der Waals surface area contributed by atoms with Crippen LogP contribution in [0.3, 0.4) is 0 Å². The fourth-order valence-electron chi connectivity index (χ4n) is 3.00. The van der Waals surface area contributed by atoms with Crippen molar-refractivity contribution < 1.29 is 9.90 Å². The van der Waals surface area contributed by atoms with Crippen LogP contribution in [0.15, 0.2) is 41.8 Å². The first-order valence-corrected chi connectivity index (χ1v) is 9.24. The van der Waals surface area contributed by atoms with Gasteiger partial charge in [-0.1, -0.05) is 36.7 Å². The zero-order valence-corrected chi connectivity index (χ0v) is 14.7. The normalized spacial score (nSPS) is 16.2. The molecular formula is C18H23N3O2S. The van der Waals surface area contributed by atoms with E-state index < -0.39 is 5.60 Å². The summed E-state index contributed by atoms with van der Waals surface area (Å²) in [5.41, 5.74) is 0.992. The molecule has 1 fully saturated rings. The van der Waals surface area contributed by atoms with Crippen molar-refractivity contribution in [3.63, 3.8) is 0 Å². The number of aryl methyl sites for hydroxylation is 1. The summed E-state index contributed by atoms with van der Waals surface area (Å²) in [6, 6.07) is 7.62. The van der Waals surface area contributed by atoms with E-state index in [4.69, 9.17) is 0 Å². The van der Waals surface area contributed by atoms with E-state index in [2.05, 4.69) is 10.3 Å². The van der Waals surface area contributed by atoms with Crippen molar-refractivity contribution in [2.24, 2.45) is 7.05 Å². The van der Waals surface area contributed by atoms with Gasteiger partial charge in [-0.2, -0.15) is 0 Å². The van der Waals surface area contributed by atoms with E-state index in [1.165, 1.54) is 0 Å². The highest BCUT2D eigenvalue weighted by atomic mass is 32.2. The number of hydrogen-bond acceptors (Lipinski definition) is 4. The maximum absolute atomic E-state index is 12.3. The van der Waals surface area contributed by atoms with Gasteiger partial charge in [0.1, 0.15) is 0 Å². The number of imidazole rings is 1. The number of hydrogen-bond donors (Lipinski definition) is 2. The Labute approximate surface area is 146 Å². The minimum absolute atomic E-state index is 0.126. The molecule has 3 rings (SSSR count). The Balaban J connectivity index is 1.57. The van der Waals surface area contributed by atoms with Crippen LogP contribution in [0.1, 0.15) is 41.6 Å². The van der Waals surface area contributed by atoms with Gasteiger partial charge in [0, 0.05) is 37.3 Å². The summed E-state index contributed by atoms with van der Waals surface area (Å²) in [4.78, 5) is 16.6. The number of aromatic nitrogens is 2. The van der Waals surface area contributed by atoms with Crippen molar-refractivity contribution in [2.75, 3.05) is 6.54 Å². The number of nitrogens with one attached hydrogen (secondary N) is 1. The molecule has 128 valence electrons. The standard InChI is InChI=1S/C18H23N3O2S/c1-21-10-9-19-17(21)24-12-14-5-4-6-15(11-14)16(22)20-13-18(23)7-2-3-8-18/h4-6,9-11,23H,2-3,7-8,12-13H2,1H3,(H,20,22). The second-order valence-corrected chi connectivity index (χ2v) is 7.37. The number of aliphatic hydroxyl groups is 1. The minimum Gasteiger partial charge on any atom is -0.388 e. The van der Waals surface area contributed by atoms with Crippen molar-refractivity contribution in [1.29, 1.82) is 0 Å². The molecule has 1 amide bonds. The van der Waals surface area contributed by atoms with Gasteiger partial charge in [0.25, 0.3) is 5.91 Å². The fraction of sp³-hybridized carbons (Fsp3) is 0.444. The van der Waals surface area contributed by atoms with Crippen molar-refractivity contribution in [1.82, 2.24) is 14.9 Å². The average molecular weight is 345 g/mol. The number of amides is 1. The highest BCUT2D eigenvalue weighted by molar-refractivity contribution is 7.98. The molecular weight excluding hydrogens is 322 g/mol. The van der Waals surface area contributed by atoms with Crippen LogP contribution in [0.4, 0.5) is 0 Å². The molecule has 24 heavy (non-hydrogen) atoms. The van der Waals surface area contributed by atoms with Gasteiger partial charge >= 0.3 is 0 Å². The molecule has 2 aromatic rings. The highest BCUT2D eigenvalue weighted by Gasteiger charge is 2.31. The van der Waals surface area contributed by atoms with Crippen molar-refractivity contribution in [3.05, 3.63) is 47.8 Å². The zero-order chi connectivity index (χ0) is 17.0.